The molecule has 1 aromatic carbocycles. The van der Waals surface area contributed by atoms with Crippen LogP contribution in [0.15, 0.2) is 30.3 Å². The number of amides is 1. The summed E-state index contributed by atoms with van der Waals surface area (Å²) >= 11 is 6.05. The Kier molecular flexibility index (Phi) is 4.27. The number of hydrogen-bond donors (Lipinski definition) is 1. The quantitative estimate of drug-likeness (QED) is 0.746. The van der Waals surface area contributed by atoms with Crippen molar-refractivity contribution < 1.29 is 13.9 Å². The van der Waals surface area contributed by atoms with Crippen molar-refractivity contribution in [2.24, 2.45) is 0 Å². The van der Waals surface area contributed by atoms with Gasteiger partial charge in [-0.2, -0.15) is 9.78 Å². The maximum absolute atomic E-state index is 14.5. The zero-order valence-electron chi connectivity index (χ0n) is 14.5. The summed E-state index contributed by atoms with van der Waals surface area (Å²) in [7, 11) is 1.49. The molecule has 0 saturated heterocycles. The Morgan fingerprint density at radius 3 is 2.81 bits per heavy atom. The number of anilines is 1. The molecule has 0 bridgehead atoms. The lowest BCUT2D eigenvalue weighted by molar-refractivity contribution is -0.116. The number of halogens is 2. The molecule has 0 fully saturated rings. The number of benzene rings is 1. The number of aromatic nitrogens is 4. The van der Waals surface area contributed by atoms with Crippen LogP contribution in [0.3, 0.4) is 0 Å². The van der Waals surface area contributed by atoms with Crippen LogP contribution >= 0.6 is 11.6 Å². The van der Waals surface area contributed by atoms with Crippen LogP contribution in [0.25, 0.3) is 5.82 Å². The molecule has 1 atom stereocenters. The fraction of sp³-hybridized carbons (Fsp3) is 0.222. The molecule has 1 amide bonds. The fourth-order valence-electron chi connectivity index (χ4n) is 3.30. The van der Waals surface area contributed by atoms with Crippen LogP contribution in [-0.4, -0.2) is 33.0 Å². The number of carbonyl (C=O) groups is 1. The van der Waals surface area contributed by atoms with Gasteiger partial charge in [0.2, 0.25) is 11.8 Å². The van der Waals surface area contributed by atoms with Gasteiger partial charge in [0.1, 0.15) is 11.6 Å². The van der Waals surface area contributed by atoms with Gasteiger partial charge in [-0.3, -0.25) is 4.79 Å². The van der Waals surface area contributed by atoms with Crippen molar-refractivity contribution in [1.82, 2.24) is 20.0 Å². The Balaban J connectivity index is 1.86. The maximum Gasteiger partial charge on any atom is 0.233 e. The Morgan fingerprint density at radius 1 is 1.30 bits per heavy atom. The van der Waals surface area contributed by atoms with Crippen molar-refractivity contribution in [3.8, 4) is 11.7 Å². The molecule has 0 saturated carbocycles. The van der Waals surface area contributed by atoms with E-state index < -0.39 is 11.7 Å². The first-order valence-electron chi connectivity index (χ1n) is 8.20. The van der Waals surface area contributed by atoms with Gasteiger partial charge in [-0.05, 0) is 36.8 Å². The zero-order chi connectivity index (χ0) is 19.1. The third-order valence-electron chi connectivity index (χ3n) is 4.49. The third kappa shape index (κ3) is 3.02. The monoisotopic (exact) mass is 387 g/mol. The smallest absolute Gasteiger partial charge is 0.233 e. The van der Waals surface area contributed by atoms with Gasteiger partial charge in [0.25, 0.3) is 0 Å². The molecule has 1 aliphatic heterocycles. The van der Waals surface area contributed by atoms with Crippen LogP contribution in [-0.2, 0) is 4.79 Å². The Morgan fingerprint density at radius 2 is 2.11 bits per heavy atom. The van der Waals surface area contributed by atoms with E-state index in [0.29, 0.717) is 33.8 Å². The molecule has 1 N–H and O–H groups in total. The zero-order valence-corrected chi connectivity index (χ0v) is 15.3. The topological polar surface area (TPSA) is 81.9 Å². The summed E-state index contributed by atoms with van der Waals surface area (Å²) in [5.74, 6) is 0.0722. The SMILES string of the molecule is COc1ccc(-n2nc(C)c3c2NC(=O)CC3c2cc(Cl)ccc2F)nn1. The maximum atomic E-state index is 14.5. The van der Waals surface area contributed by atoms with Crippen molar-refractivity contribution in [1.29, 1.82) is 0 Å². The van der Waals surface area contributed by atoms with Gasteiger partial charge in [-0.15, -0.1) is 10.2 Å². The highest BCUT2D eigenvalue weighted by molar-refractivity contribution is 6.30. The van der Waals surface area contributed by atoms with Crippen molar-refractivity contribution in [3.63, 3.8) is 0 Å². The summed E-state index contributed by atoms with van der Waals surface area (Å²) in [4.78, 5) is 12.3. The molecule has 4 rings (SSSR count). The van der Waals surface area contributed by atoms with E-state index in [1.165, 1.54) is 23.9 Å². The first-order valence-corrected chi connectivity index (χ1v) is 8.58. The average Bonchev–Trinajstić information content (AvgIpc) is 2.99. The highest BCUT2D eigenvalue weighted by atomic mass is 35.5. The minimum atomic E-state index is -0.493. The Labute approximate surface area is 159 Å². The lowest BCUT2D eigenvalue weighted by atomic mass is 9.85. The van der Waals surface area contributed by atoms with Crippen molar-refractivity contribution in [2.75, 3.05) is 12.4 Å². The number of fused-ring (bicyclic) bond motifs is 1. The lowest BCUT2D eigenvalue weighted by Crippen LogP contribution is -2.25. The molecular weight excluding hydrogens is 373 g/mol. The molecule has 1 aliphatic rings. The first-order chi connectivity index (χ1) is 13.0. The number of aryl methyl sites for hydroxylation is 1. The number of nitrogens with one attached hydrogen (secondary N) is 1. The molecule has 2 aromatic heterocycles. The number of carbonyl (C=O) groups excluding carboxylic acids is 1. The molecule has 1 unspecified atom stereocenters. The van der Waals surface area contributed by atoms with E-state index in [4.69, 9.17) is 16.3 Å². The molecule has 0 aliphatic carbocycles. The molecule has 7 nitrogen and oxygen atoms in total. The van der Waals surface area contributed by atoms with E-state index in [1.54, 1.807) is 25.1 Å². The second-order valence-corrected chi connectivity index (χ2v) is 6.60. The van der Waals surface area contributed by atoms with Gasteiger partial charge in [-0.25, -0.2) is 4.39 Å². The van der Waals surface area contributed by atoms with Crippen LogP contribution in [0, 0.1) is 12.7 Å². The summed E-state index contributed by atoms with van der Waals surface area (Å²) in [6.45, 7) is 1.80. The minimum absolute atomic E-state index is 0.102. The molecular formula is C18H15ClFN5O2. The predicted octanol–water partition coefficient (Wildman–Crippen LogP) is 3.25. The van der Waals surface area contributed by atoms with Gasteiger partial charge >= 0.3 is 0 Å². The summed E-state index contributed by atoms with van der Waals surface area (Å²) in [5.41, 5.74) is 1.75. The van der Waals surface area contributed by atoms with Crippen LogP contribution < -0.4 is 10.1 Å². The first kappa shape index (κ1) is 17.4. The summed E-state index contributed by atoms with van der Waals surface area (Å²) in [6.07, 6.45) is 0.102. The standard InChI is InChI=1S/C18H15ClFN5O2/c1-9-17-12(11-7-10(19)3-4-13(11)20)8-15(26)21-18(17)25(24-9)14-5-6-16(27-2)23-22-14/h3-7,12H,8H2,1-2H3,(H,21,26). The van der Waals surface area contributed by atoms with E-state index in [-0.39, 0.29) is 12.3 Å². The van der Waals surface area contributed by atoms with E-state index in [2.05, 4.69) is 20.6 Å². The van der Waals surface area contributed by atoms with Gasteiger partial charge in [0.05, 0.1) is 12.8 Å². The largest absolute Gasteiger partial charge is 0.480 e. The molecule has 138 valence electrons. The minimum Gasteiger partial charge on any atom is -0.480 e. The van der Waals surface area contributed by atoms with Crippen LogP contribution in [0.4, 0.5) is 10.2 Å². The second-order valence-electron chi connectivity index (χ2n) is 6.16. The van der Waals surface area contributed by atoms with Gasteiger partial charge < -0.3 is 10.1 Å². The highest BCUT2D eigenvalue weighted by Crippen LogP contribution is 2.41. The number of ether oxygens (including phenoxy) is 1. The van der Waals surface area contributed by atoms with E-state index in [1.807, 2.05) is 0 Å². The van der Waals surface area contributed by atoms with Crippen LogP contribution in [0.1, 0.15) is 29.2 Å². The van der Waals surface area contributed by atoms with E-state index in [0.717, 1.165) is 5.56 Å². The molecule has 3 aromatic rings. The number of nitrogens with zero attached hydrogens (tertiary/aromatic N) is 4. The Bertz CT molecular complexity index is 1030. The number of methoxy groups -OCH3 is 1. The third-order valence-corrected chi connectivity index (χ3v) is 4.72. The van der Waals surface area contributed by atoms with Gasteiger partial charge in [0, 0.05) is 29.0 Å². The summed E-state index contributed by atoms with van der Waals surface area (Å²) in [5, 5.41) is 15.7. The van der Waals surface area contributed by atoms with Crippen molar-refractivity contribution in [3.05, 3.63) is 58.0 Å². The second kappa shape index (κ2) is 6.62. The highest BCUT2D eigenvalue weighted by Gasteiger charge is 2.34. The average molecular weight is 388 g/mol. The summed E-state index contributed by atoms with van der Waals surface area (Å²) < 4.78 is 21.0. The van der Waals surface area contributed by atoms with Gasteiger partial charge in [0.15, 0.2) is 5.82 Å². The predicted molar refractivity (Wildman–Crippen MR) is 96.9 cm³/mol. The number of rotatable bonds is 3. The molecule has 3 heterocycles. The summed E-state index contributed by atoms with van der Waals surface area (Å²) in [6, 6.07) is 7.65. The van der Waals surface area contributed by atoms with Gasteiger partial charge in [-0.1, -0.05) is 11.6 Å². The number of hydrogen-bond acceptors (Lipinski definition) is 5. The normalized spacial score (nSPS) is 16.0. The molecule has 0 radical (unpaired) electrons. The van der Waals surface area contributed by atoms with Crippen molar-refractivity contribution in [2.45, 2.75) is 19.3 Å². The van der Waals surface area contributed by atoms with E-state index >= 15 is 0 Å². The van der Waals surface area contributed by atoms with Crippen LogP contribution in [0.5, 0.6) is 5.88 Å². The van der Waals surface area contributed by atoms with E-state index in [9.17, 15) is 9.18 Å². The van der Waals surface area contributed by atoms with Crippen molar-refractivity contribution >= 4 is 23.3 Å². The molecule has 27 heavy (non-hydrogen) atoms. The molecule has 9 heteroatoms. The molecule has 0 spiro atoms. The fourth-order valence-corrected chi connectivity index (χ4v) is 3.48. The van der Waals surface area contributed by atoms with Crippen LogP contribution in [0.2, 0.25) is 5.02 Å². The Hall–Kier alpha value is -3.00. The lowest BCUT2D eigenvalue weighted by Gasteiger charge is -2.24.